The molecule has 0 spiro atoms. The number of thiazole rings is 1. The lowest BCUT2D eigenvalue weighted by Gasteiger charge is -2.15. The van der Waals surface area contributed by atoms with Gasteiger partial charge in [0.15, 0.2) is 17.3 Å². The van der Waals surface area contributed by atoms with Crippen LogP contribution in [0.2, 0.25) is 0 Å². The monoisotopic (exact) mass is 464 g/mol. The Bertz CT molecular complexity index is 1190. The summed E-state index contributed by atoms with van der Waals surface area (Å²) in [6, 6.07) is 9.92. The van der Waals surface area contributed by atoms with Crippen LogP contribution in [0.4, 0.5) is 0 Å². The second kappa shape index (κ2) is 9.30. The van der Waals surface area contributed by atoms with Gasteiger partial charge >= 0.3 is 0 Å². The summed E-state index contributed by atoms with van der Waals surface area (Å²) in [5, 5.41) is 11.0. The van der Waals surface area contributed by atoms with E-state index in [-0.39, 0.29) is 5.78 Å². The summed E-state index contributed by atoms with van der Waals surface area (Å²) in [5.41, 5.74) is 5.64. The number of carbonyl (C=O) groups is 1. The number of methoxy groups -OCH3 is 1. The van der Waals surface area contributed by atoms with Gasteiger partial charge in [-0.2, -0.15) is 0 Å². The Hall–Kier alpha value is -2.90. The van der Waals surface area contributed by atoms with Crippen LogP contribution in [0.5, 0.6) is 11.5 Å². The summed E-state index contributed by atoms with van der Waals surface area (Å²) in [5.74, 6) is 0.577. The second-order valence-electron chi connectivity index (χ2n) is 7.72. The van der Waals surface area contributed by atoms with Gasteiger partial charge in [0.1, 0.15) is 17.5 Å². The average molecular weight is 465 g/mol. The molecule has 3 aromatic rings. The molecule has 0 aliphatic carbocycles. The van der Waals surface area contributed by atoms with Crippen molar-refractivity contribution in [3.05, 3.63) is 79.6 Å². The normalized spacial score (nSPS) is 17.2. The molecule has 1 aliphatic rings. The molecular formula is C25H24N2O3S2. The van der Waals surface area contributed by atoms with Crippen LogP contribution in [-0.2, 0) is 11.4 Å². The number of carbonyl (C=O) groups excluding carboxylic acids is 1. The van der Waals surface area contributed by atoms with Gasteiger partial charge in [-0.15, -0.1) is 11.3 Å². The summed E-state index contributed by atoms with van der Waals surface area (Å²) < 4.78 is 11.6. The largest absolute Gasteiger partial charge is 0.493 e. The van der Waals surface area contributed by atoms with Crippen LogP contribution in [0, 0.1) is 26.2 Å². The van der Waals surface area contributed by atoms with Gasteiger partial charge in [-0.3, -0.25) is 10.2 Å². The first kappa shape index (κ1) is 22.3. The highest BCUT2D eigenvalue weighted by atomic mass is 32.2. The first-order valence-corrected chi connectivity index (χ1v) is 11.9. The SMILES string of the molecule is COc1cc(/C=C2\SC(=N)[C@@H](c3nccs3)C2=O)ccc1OCc1c(C)cc(C)cc1C. The van der Waals surface area contributed by atoms with Gasteiger partial charge in [-0.05, 0) is 61.2 Å². The van der Waals surface area contributed by atoms with E-state index in [0.29, 0.717) is 33.1 Å². The van der Waals surface area contributed by atoms with Crippen molar-refractivity contribution >= 4 is 40.0 Å². The van der Waals surface area contributed by atoms with Crippen LogP contribution in [0.1, 0.15) is 38.7 Å². The number of ether oxygens (including phenoxy) is 2. The molecule has 4 rings (SSSR count). The van der Waals surface area contributed by atoms with Crippen molar-refractivity contribution in [2.24, 2.45) is 0 Å². The molecule has 0 bridgehead atoms. The Labute approximate surface area is 196 Å². The van der Waals surface area contributed by atoms with Gasteiger partial charge < -0.3 is 9.47 Å². The van der Waals surface area contributed by atoms with E-state index in [4.69, 9.17) is 14.9 Å². The van der Waals surface area contributed by atoms with Gasteiger partial charge in [-0.1, -0.05) is 35.5 Å². The molecule has 1 aliphatic heterocycles. The third-order valence-electron chi connectivity index (χ3n) is 5.38. The molecule has 0 radical (unpaired) electrons. The predicted octanol–water partition coefficient (Wildman–Crippen LogP) is 6.07. The zero-order chi connectivity index (χ0) is 22.8. The van der Waals surface area contributed by atoms with Gasteiger partial charge in [0, 0.05) is 11.6 Å². The molecule has 1 aromatic heterocycles. The fourth-order valence-electron chi connectivity index (χ4n) is 3.82. The number of benzene rings is 2. The maximum atomic E-state index is 12.9. The lowest BCUT2D eigenvalue weighted by atomic mass is 10.0. The van der Waals surface area contributed by atoms with Gasteiger partial charge in [0.25, 0.3) is 0 Å². The number of Topliss-reactive ketones (excluding diaryl/α,β-unsaturated/α-hetero) is 1. The minimum atomic E-state index is -0.586. The fraction of sp³-hybridized carbons (Fsp3) is 0.240. The zero-order valence-electron chi connectivity index (χ0n) is 18.4. The number of aromatic nitrogens is 1. The van der Waals surface area contributed by atoms with Crippen molar-refractivity contribution in [3.63, 3.8) is 0 Å². The van der Waals surface area contributed by atoms with Gasteiger partial charge in [0.05, 0.1) is 17.1 Å². The number of thioether (sulfide) groups is 1. The number of nitrogens with zero attached hydrogens (tertiary/aromatic N) is 1. The molecule has 0 amide bonds. The Morgan fingerprint density at radius 2 is 1.88 bits per heavy atom. The highest BCUT2D eigenvalue weighted by Gasteiger charge is 2.38. The summed E-state index contributed by atoms with van der Waals surface area (Å²) in [4.78, 5) is 17.6. The molecule has 0 saturated carbocycles. The number of nitrogens with one attached hydrogen (secondary N) is 1. The van der Waals surface area contributed by atoms with E-state index in [1.54, 1.807) is 19.4 Å². The van der Waals surface area contributed by atoms with Crippen LogP contribution < -0.4 is 9.47 Å². The van der Waals surface area contributed by atoms with Crippen LogP contribution in [0.25, 0.3) is 6.08 Å². The van der Waals surface area contributed by atoms with Crippen molar-refractivity contribution in [1.29, 1.82) is 5.41 Å². The minimum absolute atomic E-state index is 0.0837. The smallest absolute Gasteiger partial charge is 0.186 e. The lowest BCUT2D eigenvalue weighted by Crippen LogP contribution is -2.11. The predicted molar refractivity (Wildman–Crippen MR) is 131 cm³/mol. The molecule has 1 atom stereocenters. The molecule has 1 fully saturated rings. The molecule has 2 aromatic carbocycles. The number of hydrogen-bond acceptors (Lipinski definition) is 7. The Balaban J connectivity index is 1.54. The quantitative estimate of drug-likeness (QED) is 0.448. The number of rotatable bonds is 6. The Kier molecular flexibility index (Phi) is 6.48. The number of allylic oxidation sites excluding steroid dienone is 1. The molecule has 2 heterocycles. The molecule has 1 N–H and O–H groups in total. The first-order valence-electron chi connectivity index (χ1n) is 10.2. The van der Waals surface area contributed by atoms with E-state index in [9.17, 15) is 4.79 Å². The Morgan fingerprint density at radius 1 is 1.12 bits per heavy atom. The van der Waals surface area contributed by atoms with E-state index in [1.807, 2.05) is 23.6 Å². The van der Waals surface area contributed by atoms with Crippen LogP contribution >= 0.6 is 23.1 Å². The molecule has 7 heteroatoms. The highest BCUT2D eigenvalue weighted by Crippen LogP contribution is 2.41. The number of ketones is 1. The highest BCUT2D eigenvalue weighted by molar-refractivity contribution is 8.19. The molecule has 0 unspecified atom stereocenters. The first-order chi connectivity index (χ1) is 15.4. The summed E-state index contributed by atoms with van der Waals surface area (Å²) in [6.45, 7) is 6.74. The van der Waals surface area contributed by atoms with Gasteiger partial charge in [0.2, 0.25) is 0 Å². The van der Waals surface area contributed by atoms with E-state index in [0.717, 1.165) is 5.56 Å². The van der Waals surface area contributed by atoms with Crippen LogP contribution in [0.3, 0.4) is 0 Å². The minimum Gasteiger partial charge on any atom is -0.493 e. The van der Waals surface area contributed by atoms with Crippen molar-refractivity contribution in [2.45, 2.75) is 33.3 Å². The maximum Gasteiger partial charge on any atom is 0.186 e. The standard InChI is InChI=1S/C25H24N2O3S2/c1-14-9-15(2)18(16(3)10-14)13-30-19-6-5-17(11-20(19)29-4)12-21-23(28)22(24(26)32-21)25-27-7-8-31-25/h5-12,22,26H,13H2,1-4H3/b21-12-,26-24?/t22-/m0/s1. The van der Waals surface area contributed by atoms with Crippen molar-refractivity contribution in [1.82, 2.24) is 4.98 Å². The summed E-state index contributed by atoms with van der Waals surface area (Å²) in [7, 11) is 1.60. The fourth-order valence-corrected chi connectivity index (χ4v) is 5.63. The van der Waals surface area contributed by atoms with Crippen molar-refractivity contribution in [3.8, 4) is 11.5 Å². The molecule has 32 heavy (non-hydrogen) atoms. The van der Waals surface area contributed by atoms with E-state index in [1.165, 1.54) is 45.4 Å². The molecule has 5 nitrogen and oxygen atoms in total. The van der Waals surface area contributed by atoms with Crippen LogP contribution in [-0.4, -0.2) is 22.9 Å². The van der Waals surface area contributed by atoms with E-state index >= 15 is 0 Å². The third kappa shape index (κ3) is 4.49. The zero-order valence-corrected chi connectivity index (χ0v) is 20.0. The molecule has 1 saturated heterocycles. The Morgan fingerprint density at radius 3 is 2.53 bits per heavy atom. The van der Waals surface area contributed by atoms with Crippen molar-refractivity contribution in [2.75, 3.05) is 7.11 Å². The van der Waals surface area contributed by atoms with E-state index in [2.05, 4.69) is 37.9 Å². The summed E-state index contributed by atoms with van der Waals surface area (Å²) in [6.07, 6.45) is 3.46. The second-order valence-corrected chi connectivity index (χ2v) is 9.73. The van der Waals surface area contributed by atoms with Crippen LogP contribution in [0.15, 0.2) is 46.8 Å². The number of hydrogen-bond donors (Lipinski definition) is 1. The van der Waals surface area contributed by atoms with E-state index < -0.39 is 5.92 Å². The third-order valence-corrected chi connectivity index (χ3v) is 7.22. The summed E-state index contributed by atoms with van der Waals surface area (Å²) >= 11 is 2.59. The average Bonchev–Trinajstić information content (AvgIpc) is 3.36. The molecular weight excluding hydrogens is 440 g/mol. The molecule has 164 valence electrons. The van der Waals surface area contributed by atoms with Crippen molar-refractivity contribution < 1.29 is 14.3 Å². The maximum absolute atomic E-state index is 12.9. The van der Waals surface area contributed by atoms with Gasteiger partial charge in [-0.25, -0.2) is 4.98 Å². The number of aryl methyl sites for hydroxylation is 3. The lowest BCUT2D eigenvalue weighted by molar-refractivity contribution is -0.114. The topological polar surface area (TPSA) is 72.3 Å².